The first-order valence-corrected chi connectivity index (χ1v) is 7.37. The predicted molar refractivity (Wildman–Crippen MR) is 78.3 cm³/mol. The number of benzene rings is 1. The van der Waals surface area contributed by atoms with Gasteiger partial charge in [0.25, 0.3) is 0 Å². The lowest BCUT2D eigenvalue weighted by Crippen LogP contribution is -2.49. The van der Waals surface area contributed by atoms with Crippen LogP contribution in [0.5, 0.6) is 0 Å². The second-order valence-corrected chi connectivity index (χ2v) is 6.07. The quantitative estimate of drug-likeness (QED) is 0.806. The van der Waals surface area contributed by atoms with Gasteiger partial charge in [-0.2, -0.15) is 0 Å². The zero-order valence-corrected chi connectivity index (χ0v) is 11.5. The van der Waals surface area contributed by atoms with E-state index in [1.54, 1.807) is 0 Å². The van der Waals surface area contributed by atoms with Crippen molar-refractivity contribution in [3.05, 3.63) is 24.3 Å². The fraction of sp³-hybridized carbons (Fsp3) is 0.625. The van der Waals surface area contributed by atoms with E-state index in [2.05, 4.69) is 48.3 Å². The van der Waals surface area contributed by atoms with Crippen LogP contribution in [-0.4, -0.2) is 18.6 Å². The van der Waals surface area contributed by atoms with Crippen LogP contribution in [0.4, 0.5) is 11.4 Å². The lowest BCUT2D eigenvalue weighted by Gasteiger charge is -2.45. The Hall–Kier alpha value is -1.18. The maximum atomic E-state index is 3.55. The third-order valence-corrected chi connectivity index (χ3v) is 4.62. The Balaban J connectivity index is 1.86. The molecule has 1 aromatic rings. The molecule has 2 nitrogen and oxygen atoms in total. The molecule has 1 saturated carbocycles. The molecule has 2 aliphatic rings. The zero-order chi connectivity index (χ0) is 12.5. The van der Waals surface area contributed by atoms with Gasteiger partial charge in [0.15, 0.2) is 0 Å². The molecule has 18 heavy (non-hydrogen) atoms. The monoisotopic (exact) mass is 244 g/mol. The molecule has 1 aliphatic carbocycles. The molecule has 1 N–H and O–H groups in total. The average Bonchev–Trinajstić information content (AvgIpc) is 2.40. The first kappa shape index (κ1) is 11.9. The first-order valence-electron chi connectivity index (χ1n) is 7.37. The molecule has 1 aromatic carbocycles. The largest absolute Gasteiger partial charge is 0.381 e. The SMILES string of the molecule is CC1CCC(N2c3ccccc3NCC2C)CC1. The van der Waals surface area contributed by atoms with Crippen LogP contribution in [-0.2, 0) is 0 Å². The molecule has 0 bridgehead atoms. The summed E-state index contributed by atoms with van der Waals surface area (Å²) in [6, 6.07) is 10.1. The number of hydrogen-bond donors (Lipinski definition) is 1. The highest BCUT2D eigenvalue weighted by molar-refractivity contribution is 5.73. The molecule has 1 unspecified atom stereocenters. The molecule has 0 saturated heterocycles. The highest BCUT2D eigenvalue weighted by Crippen LogP contribution is 2.37. The predicted octanol–water partition coefficient (Wildman–Crippen LogP) is 3.89. The van der Waals surface area contributed by atoms with E-state index < -0.39 is 0 Å². The van der Waals surface area contributed by atoms with Gasteiger partial charge in [-0.15, -0.1) is 0 Å². The summed E-state index contributed by atoms with van der Waals surface area (Å²) in [5.74, 6) is 0.926. The fourth-order valence-electron chi connectivity index (χ4n) is 3.52. The summed E-state index contributed by atoms with van der Waals surface area (Å²) in [4.78, 5) is 2.68. The number of rotatable bonds is 1. The van der Waals surface area contributed by atoms with Crippen molar-refractivity contribution in [2.24, 2.45) is 5.92 Å². The van der Waals surface area contributed by atoms with Crippen molar-refractivity contribution in [3.8, 4) is 0 Å². The Bertz CT molecular complexity index is 407. The number of nitrogens with zero attached hydrogens (tertiary/aromatic N) is 1. The molecule has 0 spiro atoms. The van der Waals surface area contributed by atoms with Gasteiger partial charge in [0.1, 0.15) is 0 Å². The van der Waals surface area contributed by atoms with E-state index in [0.29, 0.717) is 6.04 Å². The summed E-state index contributed by atoms with van der Waals surface area (Å²) in [5.41, 5.74) is 2.73. The smallest absolute Gasteiger partial charge is 0.0607 e. The van der Waals surface area contributed by atoms with Gasteiger partial charge in [0, 0.05) is 18.6 Å². The minimum Gasteiger partial charge on any atom is -0.381 e. The Morgan fingerprint density at radius 1 is 1.06 bits per heavy atom. The van der Waals surface area contributed by atoms with E-state index in [1.165, 1.54) is 37.1 Å². The highest BCUT2D eigenvalue weighted by Gasteiger charge is 2.30. The van der Waals surface area contributed by atoms with Gasteiger partial charge in [-0.3, -0.25) is 0 Å². The maximum Gasteiger partial charge on any atom is 0.0607 e. The number of anilines is 2. The summed E-state index contributed by atoms with van der Waals surface area (Å²) in [5, 5.41) is 3.55. The van der Waals surface area contributed by atoms with Gasteiger partial charge in [0.2, 0.25) is 0 Å². The van der Waals surface area contributed by atoms with Crippen molar-refractivity contribution >= 4 is 11.4 Å². The Kier molecular flexibility index (Phi) is 3.19. The topological polar surface area (TPSA) is 15.3 Å². The lowest BCUT2D eigenvalue weighted by atomic mass is 9.85. The normalized spacial score (nSPS) is 31.7. The van der Waals surface area contributed by atoms with Crippen LogP contribution in [0.1, 0.15) is 39.5 Å². The van der Waals surface area contributed by atoms with Crippen LogP contribution in [0.15, 0.2) is 24.3 Å². The summed E-state index contributed by atoms with van der Waals surface area (Å²) < 4.78 is 0. The van der Waals surface area contributed by atoms with Crippen LogP contribution in [0.25, 0.3) is 0 Å². The molecular formula is C16H24N2. The maximum absolute atomic E-state index is 3.55. The Morgan fingerprint density at radius 2 is 1.78 bits per heavy atom. The third-order valence-electron chi connectivity index (χ3n) is 4.62. The zero-order valence-electron chi connectivity index (χ0n) is 11.5. The van der Waals surface area contributed by atoms with Gasteiger partial charge >= 0.3 is 0 Å². The first-order chi connectivity index (χ1) is 8.75. The van der Waals surface area contributed by atoms with Crippen LogP contribution < -0.4 is 10.2 Å². The molecule has 0 aromatic heterocycles. The van der Waals surface area contributed by atoms with Crippen molar-refractivity contribution < 1.29 is 0 Å². The minimum atomic E-state index is 0.610. The van der Waals surface area contributed by atoms with Crippen molar-refractivity contribution in [2.75, 3.05) is 16.8 Å². The summed E-state index contributed by atoms with van der Waals surface area (Å²) in [6.45, 7) is 5.81. The van der Waals surface area contributed by atoms with E-state index in [4.69, 9.17) is 0 Å². The summed E-state index contributed by atoms with van der Waals surface area (Å²) in [7, 11) is 0. The van der Waals surface area contributed by atoms with Gasteiger partial charge in [0.05, 0.1) is 11.4 Å². The van der Waals surface area contributed by atoms with E-state index in [0.717, 1.165) is 18.5 Å². The van der Waals surface area contributed by atoms with Gasteiger partial charge < -0.3 is 10.2 Å². The van der Waals surface area contributed by atoms with Crippen LogP contribution in [0, 0.1) is 5.92 Å². The third kappa shape index (κ3) is 2.09. The van der Waals surface area contributed by atoms with E-state index in [-0.39, 0.29) is 0 Å². The Morgan fingerprint density at radius 3 is 2.56 bits per heavy atom. The number of para-hydroxylation sites is 2. The van der Waals surface area contributed by atoms with Crippen molar-refractivity contribution in [3.63, 3.8) is 0 Å². The molecule has 1 aliphatic heterocycles. The number of fused-ring (bicyclic) bond motifs is 1. The van der Waals surface area contributed by atoms with Crippen LogP contribution in [0.3, 0.4) is 0 Å². The van der Waals surface area contributed by atoms with E-state index >= 15 is 0 Å². The van der Waals surface area contributed by atoms with Gasteiger partial charge in [-0.05, 0) is 50.7 Å². The van der Waals surface area contributed by atoms with Crippen molar-refractivity contribution in [1.82, 2.24) is 0 Å². The molecule has 1 heterocycles. The molecule has 98 valence electrons. The van der Waals surface area contributed by atoms with Gasteiger partial charge in [-0.1, -0.05) is 19.1 Å². The van der Waals surface area contributed by atoms with Crippen molar-refractivity contribution in [1.29, 1.82) is 0 Å². The highest BCUT2D eigenvalue weighted by atomic mass is 15.2. The summed E-state index contributed by atoms with van der Waals surface area (Å²) >= 11 is 0. The molecular weight excluding hydrogens is 220 g/mol. The minimum absolute atomic E-state index is 0.610. The molecule has 1 fully saturated rings. The molecule has 2 heteroatoms. The second-order valence-electron chi connectivity index (χ2n) is 6.07. The molecule has 1 atom stereocenters. The van der Waals surface area contributed by atoms with Crippen LogP contribution >= 0.6 is 0 Å². The lowest BCUT2D eigenvalue weighted by molar-refractivity contribution is 0.323. The van der Waals surface area contributed by atoms with Gasteiger partial charge in [-0.25, -0.2) is 0 Å². The molecule has 0 amide bonds. The van der Waals surface area contributed by atoms with E-state index in [1.807, 2.05) is 0 Å². The van der Waals surface area contributed by atoms with E-state index in [9.17, 15) is 0 Å². The Labute approximate surface area is 110 Å². The number of nitrogens with one attached hydrogen (secondary N) is 1. The average molecular weight is 244 g/mol. The standard InChI is InChI=1S/C16H24N2/c1-12-7-9-14(10-8-12)18-13(2)11-17-15-5-3-4-6-16(15)18/h3-6,12-14,17H,7-11H2,1-2H3. The fourth-order valence-corrected chi connectivity index (χ4v) is 3.52. The number of hydrogen-bond acceptors (Lipinski definition) is 2. The second kappa shape index (κ2) is 4.83. The van der Waals surface area contributed by atoms with Crippen molar-refractivity contribution in [2.45, 2.75) is 51.6 Å². The van der Waals surface area contributed by atoms with Crippen LogP contribution in [0.2, 0.25) is 0 Å². The molecule has 0 radical (unpaired) electrons. The molecule has 3 rings (SSSR count). The summed E-state index contributed by atoms with van der Waals surface area (Å²) in [6.07, 6.45) is 5.51.